The first-order chi connectivity index (χ1) is 10.6. The highest BCUT2D eigenvalue weighted by atomic mass is 35.5. The number of fused-ring (bicyclic) bond motifs is 1. The van der Waals surface area contributed by atoms with Gasteiger partial charge < -0.3 is 5.32 Å². The largest absolute Gasteiger partial charge is 0.318 e. The van der Waals surface area contributed by atoms with Crippen LogP contribution >= 0.6 is 11.6 Å². The molecule has 2 aromatic rings. The highest BCUT2D eigenvalue weighted by Gasteiger charge is 2.16. The van der Waals surface area contributed by atoms with Crippen molar-refractivity contribution in [2.75, 3.05) is 5.32 Å². The van der Waals surface area contributed by atoms with Crippen LogP contribution in [0.15, 0.2) is 36.7 Å². The molecule has 0 spiro atoms. The van der Waals surface area contributed by atoms with Crippen molar-refractivity contribution in [3.8, 4) is 0 Å². The van der Waals surface area contributed by atoms with Crippen LogP contribution in [0.3, 0.4) is 0 Å². The highest BCUT2D eigenvalue weighted by molar-refractivity contribution is 6.30. The third-order valence-electron chi connectivity index (χ3n) is 3.87. The topological polar surface area (TPSA) is 33.0 Å². The van der Waals surface area contributed by atoms with E-state index < -0.39 is 5.82 Å². The molecule has 0 radical (unpaired) electrons. The maximum atomic E-state index is 13.7. The van der Waals surface area contributed by atoms with Crippen molar-refractivity contribution in [3.63, 3.8) is 0 Å². The molecule has 0 aliphatic heterocycles. The lowest BCUT2D eigenvalue weighted by molar-refractivity contribution is -0.684. The van der Waals surface area contributed by atoms with Gasteiger partial charge in [0.05, 0.1) is 5.69 Å². The predicted octanol–water partition coefficient (Wildman–Crippen LogP) is 3.28. The van der Waals surface area contributed by atoms with Crippen molar-refractivity contribution in [1.82, 2.24) is 0 Å². The minimum Gasteiger partial charge on any atom is -0.318 e. The second kappa shape index (κ2) is 6.44. The number of nitrogens with zero attached hydrogens (tertiary/aromatic N) is 1. The molecular weight excluding hydrogens is 303 g/mol. The summed E-state index contributed by atoms with van der Waals surface area (Å²) >= 11 is 5.69. The fraction of sp³-hybridized carbons (Fsp3) is 0.294. The van der Waals surface area contributed by atoms with Gasteiger partial charge in [0.15, 0.2) is 12.4 Å². The number of carbonyl (C=O) groups is 1. The minimum atomic E-state index is -0.531. The third kappa shape index (κ3) is 3.45. The number of anilines is 1. The fourth-order valence-electron chi connectivity index (χ4n) is 2.76. The summed E-state index contributed by atoms with van der Waals surface area (Å²) in [6, 6.07) is 6.27. The van der Waals surface area contributed by atoms with Crippen molar-refractivity contribution in [1.29, 1.82) is 0 Å². The molecule has 0 saturated heterocycles. The first kappa shape index (κ1) is 15.0. The van der Waals surface area contributed by atoms with Crippen molar-refractivity contribution >= 4 is 23.2 Å². The van der Waals surface area contributed by atoms with E-state index in [0.717, 1.165) is 12.8 Å². The monoisotopic (exact) mass is 319 g/mol. The van der Waals surface area contributed by atoms with Gasteiger partial charge in [0.2, 0.25) is 6.54 Å². The van der Waals surface area contributed by atoms with Crippen molar-refractivity contribution in [3.05, 3.63) is 58.6 Å². The Hall–Kier alpha value is -1.94. The van der Waals surface area contributed by atoms with E-state index in [-0.39, 0.29) is 18.1 Å². The average Bonchev–Trinajstić information content (AvgIpc) is 2.50. The Morgan fingerprint density at radius 2 is 2.00 bits per heavy atom. The van der Waals surface area contributed by atoms with Crippen LogP contribution in [0.25, 0.3) is 0 Å². The van der Waals surface area contributed by atoms with E-state index >= 15 is 0 Å². The lowest BCUT2D eigenvalue weighted by Crippen LogP contribution is -2.40. The fourth-order valence-corrected chi connectivity index (χ4v) is 2.92. The third-order valence-corrected chi connectivity index (χ3v) is 4.11. The molecule has 1 N–H and O–H groups in total. The van der Waals surface area contributed by atoms with Crippen molar-refractivity contribution in [2.45, 2.75) is 32.2 Å². The molecule has 1 aliphatic rings. The van der Waals surface area contributed by atoms with Gasteiger partial charge in [-0.15, -0.1) is 0 Å². The molecule has 22 heavy (non-hydrogen) atoms. The van der Waals surface area contributed by atoms with Crippen LogP contribution < -0.4 is 9.88 Å². The Kier molecular flexibility index (Phi) is 4.39. The Labute approximate surface area is 133 Å². The molecule has 0 atom stereocenters. The van der Waals surface area contributed by atoms with Crippen LogP contribution in [0.4, 0.5) is 10.1 Å². The summed E-state index contributed by atoms with van der Waals surface area (Å²) in [5.74, 6) is -0.793. The summed E-state index contributed by atoms with van der Waals surface area (Å²) in [5.41, 5.74) is 2.82. The molecule has 3 rings (SSSR count). The number of carbonyl (C=O) groups excluding carboxylic acids is 1. The average molecular weight is 320 g/mol. The van der Waals surface area contributed by atoms with E-state index in [0.29, 0.717) is 5.02 Å². The van der Waals surface area contributed by atoms with Gasteiger partial charge in [-0.3, -0.25) is 4.79 Å². The maximum absolute atomic E-state index is 13.7. The molecule has 114 valence electrons. The number of aromatic nitrogens is 1. The van der Waals surface area contributed by atoms with Crippen molar-refractivity contribution in [2.24, 2.45) is 0 Å². The molecule has 0 bridgehead atoms. The molecule has 1 aromatic carbocycles. The van der Waals surface area contributed by atoms with Crippen LogP contribution in [-0.2, 0) is 24.2 Å². The van der Waals surface area contributed by atoms with Gasteiger partial charge in [0.1, 0.15) is 5.82 Å². The van der Waals surface area contributed by atoms with Crippen LogP contribution in [0.2, 0.25) is 5.02 Å². The lowest BCUT2D eigenvalue weighted by atomic mass is 9.93. The Balaban J connectivity index is 1.69. The number of halogens is 2. The molecule has 0 saturated carbocycles. The summed E-state index contributed by atoms with van der Waals surface area (Å²) in [5, 5.41) is 2.88. The number of aryl methyl sites for hydroxylation is 2. The van der Waals surface area contributed by atoms with Crippen LogP contribution in [0.1, 0.15) is 24.0 Å². The highest BCUT2D eigenvalue weighted by Crippen LogP contribution is 2.20. The normalized spacial score (nSPS) is 13.5. The Morgan fingerprint density at radius 3 is 2.77 bits per heavy atom. The summed E-state index contributed by atoms with van der Waals surface area (Å²) in [4.78, 5) is 12.1. The van der Waals surface area contributed by atoms with Gasteiger partial charge in [-0.05, 0) is 49.4 Å². The number of benzene rings is 1. The number of amides is 1. The molecule has 5 heteroatoms. The number of hydrogen-bond acceptors (Lipinski definition) is 1. The standard InChI is InChI=1S/C17H16ClFN2O/c18-14-5-6-16(15(19)9-14)20-17(22)11-21-8-7-12-3-1-2-4-13(12)10-21/h5-10H,1-4,11H2/p+1. The SMILES string of the molecule is O=C(C[n+]1ccc2c(c1)CCCC2)Nc1ccc(Cl)cc1F. The number of pyridine rings is 1. The quantitative estimate of drug-likeness (QED) is 0.865. The maximum Gasteiger partial charge on any atom is 0.290 e. The second-order valence-electron chi connectivity index (χ2n) is 5.55. The first-order valence-corrected chi connectivity index (χ1v) is 7.75. The zero-order valence-electron chi connectivity index (χ0n) is 12.1. The molecule has 1 aliphatic carbocycles. The summed E-state index contributed by atoms with van der Waals surface area (Å²) < 4.78 is 15.5. The lowest BCUT2D eigenvalue weighted by Gasteiger charge is -2.13. The van der Waals surface area contributed by atoms with Gasteiger partial charge in [-0.1, -0.05) is 11.6 Å². The summed E-state index contributed by atoms with van der Waals surface area (Å²) in [6.07, 6.45) is 8.52. The first-order valence-electron chi connectivity index (χ1n) is 7.37. The summed E-state index contributed by atoms with van der Waals surface area (Å²) in [6.45, 7) is 0.162. The number of rotatable bonds is 3. The van der Waals surface area contributed by atoms with Crippen LogP contribution in [0.5, 0.6) is 0 Å². The summed E-state index contributed by atoms with van der Waals surface area (Å²) in [7, 11) is 0. The predicted molar refractivity (Wildman–Crippen MR) is 83.3 cm³/mol. The molecule has 0 fully saturated rings. The molecule has 3 nitrogen and oxygen atoms in total. The van der Waals surface area contributed by atoms with E-state index in [1.54, 1.807) is 6.07 Å². The van der Waals surface area contributed by atoms with E-state index in [1.165, 1.54) is 36.1 Å². The molecule has 1 amide bonds. The zero-order valence-corrected chi connectivity index (χ0v) is 12.9. The van der Waals surface area contributed by atoms with Gasteiger partial charge in [-0.25, -0.2) is 4.39 Å². The van der Waals surface area contributed by atoms with Gasteiger partial charge >= 0.3 is 0 Å². The van der Waals surface area contributed by atoms with E-state index in [9.17, 15) is 9.18 Å². The van der Waals surface area contributed by atoms with Crippen LogP contribution in [0, 0.1) is 5.82 Å². The van der Waals surface area contributed by atoms with Gasteiger partial charge in [0.25, 0.3) is 5.91 Å². The Morgan fingerprint density at radius 1 is 1.23 bits per heavy atom. The van der Waals surface area contributed by atoms with E-state index in [1.807, 2.05) is 17.0 Å². The van der Waals surface area contributed by atoms with Crippen molar-refractivity contribution < 1.29 is 13.8 Å². The molecule has 1 aromatic heterocycles. The van der Waals surface area contributed by atoms with E-state index in [2.05, 4.69) is 11.4 Å². The Bertz CT molecular complexity index is 718. The minimum absolute atomic E-state index is 0.146. The van der Waals surface area contributed by atoms with Gasteiger partial charge in [0, 0.05) is 16.7 Å². The number of nitrogens with one attached hydrogen (secondary N) is 1. The second-order valence-corrected chi connectivity index (χ2v) is 5.98. The van der Waals surface area contributed by atoms with Crippen LogP contribution in [-0.4, -0.2) is 5.91 Å². The number of hydrogen-bond donors (Lipinski definition) is 1. The molecular formula is C17H17ClFN2O+. The molecule has 0 unspecified atom stereocenters. The van der Waals surface area contributed by atoms with Gasteiger partial charge in [-0.2, -0.15) is 4.57 Å². The smallest absolute Gasteiger partial charge is 0.290 e. The molecule has 1 heterocycles. The van der Waals surface area contributed by atoms with E-state index in [4.69, 9.17) is 11.6 Å². The zero-order chi connectivity index (χ0) is 15.5.